The molecule has 0 amide bonds. The lowest BCUT2D eigenvalue weighted by molar-refractivity contribution is -0.154. The van der Waals surface area contributed by atoms with Crippen LogP contribution < -0.4 is 0 Å². The number of aliphatic hydroxyl groups excluding tert-OH is 1. The number of ether oxygens (including phenoxy) is 2. The van der Waals surface area contributed by atoms with Crippen LogP contribution in [0, 0.1) is 0 Å². The van der Waals surface area contributed by atoms with E-state index in [1.165, 1.54) is 135 Å². The fraction of sp³-hybridized carbons (Fsp3) is 0.821. The van der Waals surface area contributed by atoms with Crippen molar-refractivity contribution >= 4 is 5.97 Å². The SMILES string of the molecule is CCCC/C=C\CCCCCCCCOCC(CO)OC(=O)CCCCCCCCCCC/C=C\C/C=C\CCCCC. The molecule has 1 atom stereocenters. The quantitative estimate of drug-likeness (QED) is 0.0451. The van der Waals surface area contributed by atoms with Crippen molar-refractivity contribution in [2.45, 2.75) is 187 Å². The zero-order valence-corrected chi connectivity index (χ0v) is 28.7. The molecule has 0 aromatic rings. The molecule has 0 aromatic carbocycles. The van der Waals surface area contributed by atoms with Crippen LogP contribution in [0.2, 0.25) is 0 Å². The summed E-state index contributed by atoms with van der Waals surface area (Å²) in [6.07, 6.45) is 44.7. The van der Waals surface area contributed by atoms with Crippen LogP contribution in [0.5, 0.6) is 0 Å². The van der Waals surface area contributed by atoms with Crippen molar-refractivity contribution in [1.29, 1.82) is 0 Å². The molecule has 1 unspecified atom stereocenters. The normalized spacial score (nSPS) is 12.7. The number of aliphatic hydroxyl groups is 1. The summed E-state index contributed by atoms with van der Waals surface area (Å²) in [6.45, 7) is 5.27. The van der Waals surface area contributed by atoms with Crippen LogP contribution in [-0.2, 0) is 14.3 Å². The van der Waals surface area contributed by atoms with Gasteiger partial charge in [0.2, 0.25) is 0 Å². The second-order valence-corrected chi connectivity index (χ2v) is 12.3. The van der Waals surface area contributed by atoms with Crippen LogP contribution in [-0.4, -0.2) is 37.0 Å². The summed E-state index contributed by atoms with van der Waals surface area (Å²) in [7, 11) is 0. The summed E-state index contributed by atoms with van der Waals surface area (Å²) >= 11 is 0. The van der Waals surface area contributed by atoms with Crippen molar-refractivity contribution in [2.75, 3.05) is 19.8 Å². The monoisotopic (exact) mass is 605 g/mol. The average Bonchev–Trinajstić information content (AvgIpc) is 3.01. The summed E-state index contributed by atoms with van der Waals surface area (Å²) in [5.74, 6) is -0.208. The molecule has 0 radical (unpaired) electrons. The fourth-order valence-electron chi connectivity index (χ4n) is 5.10. The number of carbonyl (C=O) groups is 1. The minimum absolute atomic E-state index is 0.175. The first kappa shape index (κ1) is 41.6. The van der Waals surface area contributed by atoms with E-state index in [4.69, 9.17) is 9.47 Å². The lowest BCUT2D eigenvalue weighted by Crippen LogP contribution is -2.27. The van der Waals surface area contributed by atoms with Gasteiger partial charge < -0.3 is 14.6 Å². The van der Waals surface area contributed by atoms with Gasteiger partial charge in [-0.3, -0.25) is 4.79 Å². The van der Waals surface area contributed by atoms with Gasteiger partial charge in [0.25, 0.3) is 0 Å². The van der Waals surface area contributed by atoms with E-state index in [2.05, 4.69) is 50.3 Å². The van der Waals surface area contributed by atoms with E-state index in [1.807, 2.05) is 0 Å². The van der Waals surface area contributed by atoms with Crippen LogP contribution in [0.3, 0.4) is 0 Å². The summed E-state index contributed by atoms with van der Waals surface area (Å²) in [4.78, 5) is 12.1. The van der Waals surface area contributed by atoms with Gasteiger partial charge in [-0.05, 0) is 64.2 Å². The van der Waals surface area contributed by atoms with Crippen LogP contribution >= 0.6 is 0 Å². The Balaban J connectivity index is 3.45. The molecular weight excluding hydrogens is 532 g/mol. The Hall–Kier alpha value is -1.39. The Morgan fingerprint density at radius 1 is 0.558 bits per heavy atom. The third-order valence-electron chi connectivity index (χ3n) is 7.94. The van der Waals surface area contributed by atoms with Gasteiger partial charge >= 0.3 is 5.97 Å². The molecule has 4 heteroatoms. The van der Waals surface area contributed by atoms with Gasteiger partial charge in [-0.1, -0.05) is 147 Å². The maximum Gasteiger partial charge on any atom is 0.306 e. The Labute approximate surface area is 268 Å². The van der Waals surface area contributed by atoms with Gasteiger partial charge in [-0.25, -0.2) is 0 Å². The van der Waals surface area contributed by atoms with E-state index in [0.29, 0.717) is 19.6 Å². The van der Waals surface area contributed by atoms with Crippen molar-refractivity contribution in [3.63, 3.8) is 0 Å². The number of rotatable bonds is 34. The molecule has 0 spiro atoms. The molecular formula is C39H72O4. The van der Waals surface area contributed by atoms with E-state index in [-0.39, 0.29) is 12.6 Å². The first-order valence-corrected chi connectivity index (χ1v) is 18.6. The van der Waals surface area contributed by atoms with Crippen molar-refractivity contribution < 1.29 is 19.4 Å². The maximum atomic E-state index is 12.1. The largest absolute Gasteiger partial charge is 0.457 e. The highest BCUT2D eigenvalue weighted by molar-refractivity contribution is 5.69. The summed E-state index contributed by atoms with van der Waals surface area (Å²) < 4.78 is 11.1. The Morgan fingerprint density at radius 3 is 1.53 bits per heavy atom. The first-order chi connectivity index (χ1) is 21.2. The molecule has 0 aliphatic carbocycles. The molecule has 0 aliphatic rings. The molecule has 0 rings (SSSR count). The van der Waals surface area contributed by atoms with E-state index in [1.54, 1.807) is 0 Å². The molecule has 0 saturated carbocycles. The highest BCUT2D eigenvalue weighted by Crippen LogP contribution is 2.13. The van der Waals surface area contributed by atoms with Crippen LogP contribution in [0.25, 0.3) is 0 Å². The highest BCUT2D eigenvalue weighted by Gasteiger charge is 2.13. The molecule has 0 saturated heterocycles. The van der Waals surface area contributed by atoms with Gasteiger partial charge in [0, 0.05) is 13.0 Å². The summed E-state index contributed by atoms with van der Waals surface area (Å²) in [6, 6.07) is 0. The van der Waals surface area contributed by atoms with Crippen LogP contribution in [0.1, 0.15) is 181 Å². The van der Waals surface area contributed by atoms with E-state index in [0.717, 1.165) is 25.7 Å². The number of hydrogen-bond donors (Lipinski definition) is 1. The van der Waals surface area contributed by atoms with Crippen LogP contribution in [0.4, 0.5) is 0 Å². The number of allylic oxidation sites excluding steroid dienone is 6. The zero-order valence-electron chi connectivity index (χ0n) is 28.7. The summed E-state index contributed by atoms with van der Waals surface area (Å²) in [5.41, 5.74) is 0. The second kappa shape index (κ2) is 36.8. The minimum atomic E-state index is -0.537. The number of esters is 1. The van der Waals surface area contributed by atoms with Crippen molar-refractivity contribution in [2.24, 2.45) is 0 Å². The Morgan fingerprint density at radius 2 is 1.00 bits per heavy atom. The van der Waals surface area contributed by atoms with E-state index < -0.39 is 6.10 Å². The van der Waals surface area contributed by atoms with Crippen molar-refractivity contribution in [3.8, 4) is 0 Å². The summed E-state index contributed by atoms with van der Waals surface area (Å²) in [5, 5.41) is 9.55. The fourth-order valence-corrected chi connectivity index (χ4v) is 5.10. The third kappa shape index (κ3) is 35.0. The maximum absolute atomic E-state index is 12.1. The zero-order chi connectivity index (χ0) is 31.3. The molecule has 1 N–H and O–H groups in total. The van der Waals surface area contributed by atoms with Gasteiger partial charge in [0.15, 0.2) is 0 Å². The highest BCUT2D eigenvalue weighted by atomic mass is 16.6. The topological polar surface area (TPSA) is 55.8 Å². The van der Waals surface area contributed by atoms with Gasteiger partial charge in [-0.2, -0.15) is 0 Å². The molecule has 0 bridgehead atoms. The van der Waals surface area contributed by atoms with E-state index >= 15 is 0 Å². The number of unbranched alkanes of at least 4 members (excludes halogenated alkanes) is 20. The van der Waals surface area contributed by atoms with Crippen molar-refractivity contribution in [3.05, 3.63) is 36.5 Å². The molecule has 0 heterocycles. The Bertz CT molecular complexity index is 639. The molecule has 0 aliphatic heterocycles. The Kier molecular flexibility index (Phi) is 35.6. The lowest BCUT2D eigenvalue weighted by Gasteiger charge is -2.15. The first-order valence-electron chi connectivity index (χ1n) is 18.6. The van der Waals surface area contributed by atoms with Crippen molar-refractivity contribution in [1.82, 2.24) is 0 Å². The molecule has 43 heavy (non-hydrogen) atoms. The number of hydrogen-bond acceptors (Lipinski definition) is 4. The predicted molar refractivity (Wildman–Crippen MR) is 187 cm³/mol. The van der Waals surface area contributed by atoms with Gasteiger partial charge in [0.05, 0.1) is 13.2 Å². The predicted octanol–water partition coefficient (Wildman–Crippen LogP) is 11.8. The number of carbonyl (C=O) groups excluding carboxylic acids is 1. The molecule has 252 valence electrons. The standard InChI is InChI=1S/C39H72O4/c1-3-5-7-9-11-13-15-17-18-19-20-21-22-23-24-26-28-30-32-34-39(41)43-38(36-40)37-42-35-33-31-29-27-25-16-14-12-10-8-6-4-2/h10-13,17-18,38,40H,3-9,14-16,19-37H2,1-2H3/b12-10-,13-11-,18-17-. The third-order valence-corrected chi connectivity index (χ3v) is 7.94. The lowest BCUT2D eigenvalue weighted by atomic mass is 10.1. The smallest absolute Gasteiger partial charge is 0.306 e. The molecule has 0 fully saturated rings. The molecule has 0 aromatic heterocycles. The van der Waals surface area contributed by atoms with Crippen LogP contribution in [0.15, 0.2) is 36.5 Å². The average molecular weight is 605 g/mol. The van der Waals surface area contributed by atoms with Gasteiger partial charge in [-0.15, -0.1) is 0 Å². The van der Waals surface area contributed by atoms with E-state index in [9.17, 15) is 9.90 Å². The van der Waals surface area contributed by atoms with Gasteiger partial charge in [0.1, 0.15) is 6.10 Å². The molecule has 4 nitrogen and oxygen atoms in total. The minimum Gasteiger partial charge on any atom is -0.457 e. The second-order valence-electron chi connectivity index (χ2n) is 12.3.